The SMILES string of the molecule is CS(=O)(=O)N(CC(=O)NCCCc1ccccc1)c1cc(Cl)cc(Cl)c1. The molecule has 1 amide bonds. The molecule has 0 atom stereocenters. The second-order valence-electron chi connectivity index (χ2n) is 5.84. The first-order valence-corrected chi connectivity index (χ1v) is 10.6. The minimum atomic E-state index is -3.66. The zero-order valence-corrected chi connectivity index (χ0v) is 16.6. The molecule has 0 spiro atoms. The van der Waals surface area contributed by atoms with Crippen LogP contribution in [0.4, 0.5) is 5.69 Å². The van der Waals surface area contributed by atoms with Crippen LogP contribution in [0.3, 0.4) is 0 Å². The van der Waals surface area contributed by atoms with Crippen molar-refractivity contribution in [3.8, 4) is 0 Å². The lowest BCUT2D eigenvalue weighted by atomic mass is 10.1. The molecule has 1 N–H and O–H groups in total. The largest absolute Gasteiger partial charge is 0.355 e. The zero-order chi connectivity index (χ0) is 19.2. The van der Waals surface area contributed by atoms with Crippen LogP contribution in [0.25, 0.3) is 0 Å². The molecule has 2 aromatic carbocycles. The molecule has 0 unspecified atom stereocenters. The number of nitrogens with one attached hydrogen (secondary N) is 1. The van der Waals surface area contributed by atoms with Crippen molar-refractivity contribution in [2.75, 3.05) is 23.7 Å². The number of nitrogens with zero attached hydrogens (tertiary/aromatic N) is 1. The number of hydrogen-bond acceptors (Lipinski definition) is 3. The molecule has 0 heterocycles. The molecule has 0 saturated carbocycles. The van der Waals surface area contributed by atoms with Crippen LogP contribution in [0.1, 0.15) is 12.0 Å². The Morgan fingerprint density at radius 2 is 1.69 bits per heavy atom. The third-order valence-corrected chi connectivity index (χ3v) is 5.21. The predicted octanol–water partition coefficient (Wildman–Crippen LogP) is 3.51. The molecule has 2 aromatic rings. The summed E-state index contributed by atoms with van der Waals surface area (Å²) in [6.07, 6.45) is 2.63. The van der Waals surface area contributed by atoms with Crippen LogP contribution in [0.2, 0.25) is 10.0 Å². The molecular weight excluding hydrogens is 395 g/mol. The van der Waals surface area contributed by atoms with E-state index < -0.39 is 10.0 Å². The van der Waals surface area contributed by atoms with E-state index in [4.69, 9.17) is 23.2 Å². The molecule has 0 aliphatic heterocycles. The molecule has 0 aliphatic carbocycles. The van der Waals surface area contributed by atoms with Crippen LogP contribution >= 0.6 is 23.2 Å². The number of carbonyl (C=O) groups is 1. The van der Waals surface area contributed by atoms with Crippen molar-refractivity contribution in [2.24, 2.45) is 0 Å². The smallest absolute Gasteiger partial charge is 0.240 e. The van der Waals surface area contributed by atoms with Gasteiger partial charge in [0.1, 0.15) is 6.54 Å². The van der Waals surface area contributed by atoms with Gasteiger partial charge >= 0.3 is 0 Å². The first-order valence-electron chi connectivity index (χ1n) is 8.00. The molecule has 140 valence electrons. The quantitative estimate of drug-likeness (QED) is 0.671. The Labute approximate surface area is 164 Å². The summed E-state index contributed by atoms with van der Waals surface area (Å²) in [6.45, 7) is 0.127. The molecule has 0 fully saturated rings. The monoisotopic (exact) mass is 414 g/mol. The van der Waals surface area contributed by atoms with Gasteiger partial charge < -0.3 is 5.32 Å². The lowest BCUT2D eigenvalue weighted by Crippen LogP contribution is -2.40. The van der Waals surface area contributed by atoms with Gasteiger partial charge in [-0.25, -0.2) is 8.42 Å². The predicted molar refractivity (Wildman–Crippen MR) is 106 cm³/mol. The second-order valence-corrected chi connectivity index (χ2v) is 8.62. The molecule has 0 radical (unpaired) electrons. The minimum absolute atomic E-state index is 0.254. The molecule has 26 heavy (non-hydrogen) atoms. The van der Waals surface area contributed by atoms with Gasteiger partial charge in [0.05, 0.1) is 11.9 Å². The number of benzene rings is 2. The van der Waals surface area contributed by atoms with E-state index in [9.17, 15) is 13.2 Å². The number of hydrogen-bond donors (Lipinski definition) is 1. The van der Waals surface area contributed by atoms with E-state index in [0.29, 0.717) is 16.6 Å². The molecule has 2 rings (SSSR count). The lowest BCUT2D eigenvalue weighted by molar-refractivity contribution is -0.119. The molecule has 8 heteroatoms. The maximum absolute atomic E-state index is 12.2. The minimum Gasteiger partial charge on any atom is -0.355 e. The topological polar surface area (TPSA) is 66.5 Å². The lowest BCUT2D eigenvalue weighted by Gasteiger charge is -2.22. The second kappa shape index (κ2) is 9.26. The molecule has 5 nitrogen and oxygen atoms in total. The van der Waals surface area contributed by atoms with Crippen LogP contribution in [0.15, 0.2) is 48.5 Å². The van der Waals surface area contributed by atoms with E-state index >= 15 is 0 Å². The van der Waals surface area contributed by atoms with Crippen molar-refractivity contribution >= 4 is 44.8 Å². The first-order chi connectivity index (χ1) is 12.3. The van der Waals surface area contributed by atoms with Crippen LogP contribution in [-0.4, -0.2) is 33.7 Å². The van der Waals surface area contributed by atoms with E-state index in [1.54, 1.807) is 0 Å². The average Bonchev–Trinajstić information content (AvgIpc) is 2.55. The van der Waals surface area contributed by atoms with Gasteiger partial charge in [-0.15, -0.1) is 0 Å². The van der Waals surface area contributed by atoms with Gasteiger partial charge in [0.15, 0.2) is 0 Å². The summed E-state index contributed by atoms with van der Waals surface area (Å²) in [6, 6.07) is 14.3. The van der Waals surface area contributed by atoms with Crippen molar-refractivity contribution in [3.63, 3.8) is 0 Å². The third kappa shape index (κ3) is 6.52. The highest BCUT2D eigenvalue weighted by atomic mass is 35.5. The van der Waals surface area contributed by atoms with Crippen LogP contribution in [-0.2, 0) is 21.2 Å². The highest BCUT2D eigenvalue weighted by Crippen LogP contribution is 2.26. The van der Waals surface area contributed by atoms with Gasteiger partial charge in [-0.1, -0.05) is 53.5 Å². The Balaban J connectivity index is 1.94. The summed E-state index contributed by atoms with van der Waals surface area (Å²) in [5.74, 6) is -0.389. The summed E-state index contributed by atoms with van der Waals surface area (Å²) in [7, 11) is -3.66. The third-order valence-electron chi connectivity index (χ3n) is 3.63. The summed E-state index contributed by atoms with van der Waals surface area (Å²) < 4.78 is 25.1. The number of rotatable bonds is 8. The maximum Gasteiger partial charge on any atom is 0.240 e. The first kappa shape index (κ1) is 20.6. The van der Waals surface area contributed by atoms with E-state index in [1.807, 2.05) is 30.3 Å². The van der Waals surface area contributed by atoms with Crippen molar-refractivity contribution in [1.82, 2.24) is 5.32 Å². The van der Waals surface area contributed by atoms with Crippen molar-refractivity contribution < 1.29 is 13.2 Å². The van der Waals surface area contributed by atoms with Gasteiger partial charge in [0.25, 0.3) is 0 Å². The number of sulfonamides is 1. The van der Waals surface area contributed by atoms with Gasteiger partial charge in [-0.2, -0.15) is 0 Å². The fourth-order valence-corrected chi connectivity index (χ4v) is 3.79. The fourth-order valence-electron chi connectivity index (χ4n) is 2.43. The molecule has 0 bridgehead atoms. The Hall–Kier alpha value is -1.76. The van der Waals surface area contributed by atoms with Gasteiger partial charge in [0.2, 0.25) is 15.9 Å². The number of carbonyl (C=O) groups excluding carboxylic acids is 1. The summed E-state index contributed by atoms with van der Waals surface area (Å²) in [5, 5.41) is 3.33. The summed E-state index contributed by atoms with van der Waals surface area (Å²) in [4.78, 5) is 12.2. The Kier molecular flexibility index (Phi) is 7.32. The summed E-state index contributed by atoms with van der Waals surface area (Å²) >= 11 is 11.9. The van der Waals surface area contributed by atoms with E-state index in [0.717, 1.165) is 23.4 Å². The summed E-state index contributed by atoms with van der Waals surface area (Å²) in [5.41, 5.74) is 1.44. The Morgan fingerprint density at radius 3 is 2.27 bits per heavy atom. The van der Waals surface area contributed by atoms with E-state index in [1.165, 1.54) is 23.8 Å². The highest BCUT2D eigenvalue weighted by molar-refractivity contribution is 7.92. The normalized spacial score (nSPS) is 11.2. The Bertz CT molecular complexity index is 838. The standard InChI is InChI=1S/C18H20Cl2N2O3S/c1-26(24,25)22(17-11-15(19)10-16(20)12-17)13-18(23)21-9-5-8-14-6-3-2-4-7-14/h2-4,6-7,10-12H,5,8-9,13H2,1H3,(H,21,23). The van der Waals surface area contributed by atoms with E-state index in [-0.39, 0.29) is 18.1 Å². The zero-order valence-electron chi connectivity index (χ0n) is 14.3. The van der Waals surface area contributed by atoms with Crippen molar-refractivity contribution in [3.05, 3.63) is 64.1 Å². The number of halogens is 2. The molecule has 0 aromatic heterocycles. The van der Waals surface area contributed by atoms with Crippen LogP contribution in [0, 0.1) is 0 Å². The average molecular weight is 415 g/mol. The van der Waals surface area contributed by atoms with Gasteiger partial charge in [0, 0.05) is 16.6 Å². The number of aryl methyl sites for hydroxylation is 1. The Morgan fingerprint density at radius 1 is 1.08 bits per heavy atom. The number of anilines is 1. The maximum atomic E-state index is 12.2. The number of amides is 1. The van der Waals surface area contributed by atoms with Crippen molar-refractivity contribution in [2.45, 2.75) is 12.8 Å². The van der Waals surface area contributed by atoms with Gasteiger partial charge in [-0.3, -0.25) is 9.10 Å². The molecular formula is C18H20Cl2N2O3S. The van der Waals surface area contributed by atoms with Gasteiger partial charge in [-0.05, 0) is 36.6 Å². The van der Waals surface area contributed by atoms with E-state index in [2.05, 4.69) is 5.32 Å². The van der Waals surface area contributed by atoms with Crippen LogP contribution in [0.5, 0.6) is 0 Å². The molecule has 0 aliphatic rings. The van der Waals surface area contributed by atoms with Crippen LogP contribution < -0.4 is 9.62 Å². The molecule has 0 saturated heterocycles. The fraction of sp³-hybridized carbons (Fsp3) is 0.278. The highest BCUT2D eigenvalue weighted by Gasteiger charge is 2.21. The van der Waals surface area contributed by atoms with Crippen molar-refractivity contribution in [1.29, 1.82) is 0 Å².